The van der Waals surface area contributed by atoms with Crippen LogP contribution in [0.15, 0.2) is 6.07 Å². The van der Waals surface area contributed by atoms with Crippen LogP contribution in [0.4, 0.5) is 5.69 Å². The molecule has 0 aliphatic heterocycles. The molecule has 0 bridgehead atoms. The molecule has 0 spiro atoms. The number of aromatic hydroxyl groups is 2. The molecule has 1 aromatic rings. The van der Waals surface area contributed by atoms with Gasteiger partial charge < -0.3 is 14.9 Å². The molecule has 0 aliphatic rings. The summed E-state index contributed by atoms with van der Waals surface area (Å²) in [5, 5.41) is 29.1. The highest BCUT2D eigenvalue weighted by Gasteiger charge is 2.26. The monoisotopic (exact) mass is 213 g/mol. The predicted molar refractivity (Wildman–Crippen MR) is 48.4 cm³/mol. The minimum atomic E-state index is -0.910. The number of rotatable bonds is 3. The van der Waals surface area contributed by atoms with E-state index in [1.54, 1.807) is 0 Å². The molecule has 1 aromatic carbocycles. The van der Waals surface area contributed by atoms with Crippen LogP contribution in [0.3, 0.4) is 0 Å². The first-order chi connectivity index (χ1) is 7.02. The van der Waals surface area contributed by atoms with Gasteiger partial charge in [0.1, 0.15) is 11.3 Å². The highest BCUT2D eigenvalue weighted by atomic mass is 16.6. The second-order valence-electron chi connectivity index (χ2n) is 2.58. The lowest BCUT2D eigenvalue weighted by Crippen LogP contribution is -1.97. The Morgan fingerprint density at radius 2 is 2.13 bits per heavy atom. The zero-order valence-electron chi connectivity index (χ0n) is 7.63. The van der Waals surface area contributed by atoms with Crippen molar-refractivity contribution >= 4 is 12.0 Å². The van der Waals surface area contributed by atoms with Crippen LogP contribution in [0, 0.1) is 10.1 Å². The molecule has 0 saturated heterocycles. The smallest absolute Gasteiger partial charge is 0.353 e. The lowest BCUT2D eigenvalue weighted by atomic mass is 10.1. The number of methoxy groups -OCH3 is 1. The highest BCUT2D eigenvalue weighted by Crippen LogP contribution is 2.42. The minimum absolute atomic E-state index is 0.122. The number of hydrogen-bond acceptors (Lipinski definition) is 6. The molecule has 0 fully saturated rings. The van der Waals surface area contributed by atoms with Crippen molar-refractivity contribution in [2.45, 2.75) is 0 Å². The maximum atomic E-state index is 10.5. The third kappa shape index (κ3) is 1.66. The molecule has 80 valence electrons. The number of nitro groups is 1. The van der Waals surface area contributed by atoms with Crippen molar-refractivity contribution < 1.29 is 24.7 Å². The topological polar surface area (TPSA) is 110 Å². The van der Waals surface area contributed by atoms with Crippen molar-refractivity contribution in [3.05, 3.63) is 21.7 Å². The summed E-state index contributed by atoms with van der Waals surface area (Å²) in [4.78, 5) is 20.1. The predicted octanol–water partition coefficient (Wildman–Crippen LogP) is 0.827. The molecule has 1 rings (SSSR count). The average molecular weight is 213 g/mol. The number of phenols is 2. The van der Waals surface area contributed by atoms with Gasteiger partial charge in [0.15, 0.2) is 6.29 Å². The maximum absolute atomic E-state index is 10.5. The van der Waals surface area contributed by atoms with E-state index < -0.39 is 27.7 Å². The van der Waals surface area contributed by atoms with Crippen LogP contribution >= 0.6 is 0 Å². The molecule has 7 nitrogen and oxygen atoms in total. The Balaban J connectivity index is 3.60. The van der Waals surface area contributed by atoms with Crippen LogP contribution in [0.25, 0.3) is 0 Å². The largest absolute Gasteiger partial charge is 0.507 e. The number of nitrogens with zero attached hydrogens (tertiary/aromatic N) is 1. The van der Waals surface area contributed by atoms with Gasteiger partial charge in [-0.1, -0.05) is 0 Å². The number of ether oxygens (including phenoxy) is 1. The van der Waals surface area contributed by atoms with E-state index in [0.717, 1.165) is 13.2 Å². The van der Waals surface area contributed by atoms with Gasteiger partial charge in [-0.05, 0) is 0 Å². The molecular weight excluding hydrogens is 206 g/mol. The summed E-state index contributed by atoms with van der Waals surface area (Å²) in [6.45, 7) is 0. The molecule has 0 atom stereocenters. The van der Waals surface area contributed by atoms with Crippen LogP contribution in [-0.2, 0) is 0 Å². The number of aldehydes is 1. The highest BCUT2D eigenvalue weighted by molar-refractivity contribution is 5.87. The van der Waals surface area contributed by atoms with Crippen LogP contribution < -0.4 is 4.74 Å². The van der Waals surface area contributed by atoms with E-state index in [9.17, 15) is 25.1 Å². The first kappa shape index (κ1) is 10.8. The molecule has 0 unspecified atom stereocenters. The molecular formula is C8H7NO6. The number of hydrogen-bond donors (Lipinski definition) is 2. The molecule has 7 heteroatoms. The molecule has 0 amide bonds. The fourth-order valence-electron chi connectivity index (χ4n) is 1.08. The Morgan fingerprint density at radius 3 is 2.53 bits per heavy atom. The van der Waals surface area contributed by atoms with Crippen LogP contribution in [0.5, 0.6) is 17.2 Å². The van der Waals surface area contributed by atoms with Gasteiger partial charge in [0.05, 0.1) is 12.0 Å². The third-order valence-electron chi connectivity index (χ3n) is 1.78. The second-order valence-corrected chi connectivity index (χ2v) is 2.58. The third-order valence-corrected chi connectivity index (χ3v) is 1.78. The van der Waals surface area contributed by atoms with Gasteiger partial charge in [0, 0.05) is 6.07 Å². The summed E-state index contributed by atoms with van der Waals surface area (Å²) in [7, 11) is 1.14. The van der Waals surface area contributed by atoms with Crippen LogP contribution in [0.2, 0.25) is 0 Å². The van der Waals surface area contributed by atoms with Crippen molar-refractivity contribution in [2.75, 3.05) is 7.11 Å². The summed E-state index contributed by atoms with van der Waals surface area (Å²) < 4.78 is 4.59. The zero-order chi connectivity index (χ0) is 11.6. The lowest BCUT2D eigenvalue weighted by molar-refractivity contribution is -0.386. The fourth-order valence-corrected chi connectivity index (χ4v) is 1.08. The number of phenolic OH excluding ortho intramolecular Hbond substituents is 2. The van der Waals surface area contributed by atoms with E-state index >= 15 is 0 Å². The quantitative estimate of drug-likeness (QED) is 0.437. The summed E-state index contributed by atoms with van der Waals surface area (Å²) in [6, 6.07) is 0.890. The van der Waals surface area contributed by atoms with E-state index in [2.05, 4.69) is 4.74 Å². The Hall–Kier alpha value is -2.31. The number of nitro benzene ring substituents is 1. The minimum Gasteiger partial charge on any atom is -0.507 e. The van der Waals surface area contributed by atoms with Crippen molar-refractivity contribution in [3.8, 4) is 17.2 Å². The van der Waals surface area contributed by atoms with Gasteiger partial charge in [-0.2, -0.15) is 0 Å². The van der Waals surface area contributed by atoms with E-state index in [-0.39, 0.29) is 12.0 Å². The van der Waals surface area contributed by atoms with E-state index in [1.165, 1.54) is 0 Å². The lowest BCUT2D eigenvalue weighted by Gasteiger charge is -2.06. The van der Waals surface area contributed by atoms with E-state index in [0.29, 0.717) is 0 Å². The summed E-state index contributed by atoms with van der Waals surface area (Å²) in [5.74, 6) is -1.81. The van der Waals surface area contributed by atoms with Crippen LogP contribution in [-0.4, -0.2) is 28.5 Å². The Morgan fingerprint density at radius 1 is 1.53 bits per heavy atom. The van der Waals surface area contributed by atoms with Crippen molar-refractivity contribution in [1.82, 2.24) is 0 Å². The standard InChI is InChI=1S/C8H7NO6/c1-15-6-2-5(11)4(3-10)8(12)7(6)9(13)14/h2-3,11-12H,1H3. The van der Waals surface area contributed by atoms with Crippen molar-refractivity contribution in [1.29, 1.82) is 0 Å². The van der Waals surface area contributed by atoms with Crippen molar-refractivity contribution in [2.24, 2.45) is 0 Å². The molecule has 15 heavy (non-hydrogen) atoms. The van der Waals surface area contributed by atoms with Crippen molar-refractivity contribution in [3.63, 3.8) is 0 Å². The zero-order valence-corrected chi connectivity index (χ0v) is 7.63. The van der Waals surface area contributed by atoms with Gasteiger partial charge in [-0.25, -0.2) is 0 Å². The molecule has 0 radical (unpaired) electrons. The van der Waals surface area contributed by atoms with E-state index in [1.807, 2.05) is 0 Å². The molecule has 0 aromatic heterocycles. The molecule has 0 heterocycles. The first-order valence-electron chi connectivity index (χ1n) is 3.75. The Kier molecular flexibility index (Phi) is 2.75. The molecule has 2 N–H and O–H groups in total. The Bertz CT molecular complexity index is 428. The molecule has 0 saturated carbocycles. The maximum Gasteiger partial charge on any atom is 0.353 e. The normalized spacial score (nSPS) is 9.67. The van der Waals surface area contributed by atoms with Gasteiger partial charge in [-0.3, -0.25) is 14.9 Å². The molecule has 0 aliphatic carbocycles. The second kappa shape index (κ2) is 3.82. The summed E-state index contributed by atoms with van der Waals surface area (Å²) in [5.41, 5.74) is -1.29. The first-order valence-corrected chi connectivity index (χ1v) is 3.75. The van der Waals surface area contributed by atoms with Gasteiger partial charge >= 0.3 is 5.69 Å². The summed E-state index contributed by atoms with van der Waals surface area (Å²) >= 11 is 0. The average Bonchev–Trinajstić information content (AvgIpc) is 2.16. The SMILES string of the molecule is COc1cc(O)c(C=O)c(O)c1[N+](=O)[O-]. The van der Waals surface area contributed by atoms with Gasteiger partial charge in [0.25, 0.3) is 0 Å². The summed E-state index contributed by atoms with van der Waals surface area (Å²) in [6.07, 6.45) is 0.122. The van der Waals surface area contributed by atoms with Gasteiger partial charge in [-0.15, -0.1) is 0 Å². The fraction of sp³-hybridized carbons (Fsp3) is 0.125. The van der Waals surface area contributed by atoms with Crippen LogP contribution in [0.1, 0.15) is 10.4 Å². The Labute approximate surface area is 83.7 Å². The van der Waals surface area contributed by atoms with E-state index in [4.69, 9.17) is 0 Å². The van der Waals surface area contributed by atoms with Gasteiger partial charge in [0.2, 0.25) is 11.5 Å². The number of carbonyl (C=O) groups excluding carboxylic acids is 1. The number of carbonyl (C=O) groups is 1. The number of benzene rings is 1.